The van der Waals surface area contributed by atoms with E-state index in [4.69, 9.17) is 27.9 Å². The zero-order valence-electron chi connectivity index (χ0n) is 23.0. The molecule has 0 bridgehead atoms. The Hall–Kier alpha value is -3.32. The fourth-order valence-corrected chi connectivity index (χ4v) is 5.05. The van der Waals surface area contributed by atoms with Crippen molar-refractivity contribution in [2.24, 2.45) is 0 Å². The van der Waals surface area contributed by atoms with E-state index >= 15 is 0 Å². The van der Waals surface area contributed by atoms with Gasteiger partial charge in [0.25, 0.3) is 5.91 Å². The van der Waals surface area contributed by atoms with Crippen LogP contribution in [0, 0.1) is 0 Å². The van der Waals surface area contributed by atoms with Crippen LogP contribution >= 0.6 is 23.2 Å². The first-order valence-electron chi connectivity index (χ1n) is 13.5. The van der Waals surface area contributed by atoms with E-state index in [9.17, 15) is 9.59 Å². The number of H-pyrrole nitrogens is 1. The number of halogens is 2. The second-order valence-corrected chi connectivity index (χ2v) is 10.6. The van der Waals surface area contributed by atoms with Crippen molar-refractivity contribution >= 4 is 45.9 Å². The topological polar surface area (TPSA) is 65.6 Å². The van der Waals surface area contributed by atoms with Crippen LogP contribution in [0.15, 0.2) is 72.9 Å². The van der Waals surface area contributed by atoms with E-state index in [0.29, 0.717) is 54.7 Å². The third kappa shape index (κ3) is 7.66. The van der Waals surface area contributed by atoms with Crippen molar-refractivity contribution < 1.29 is 14.3 Å². The van der Waals surface area contributed by atoms with Crippen LogP contribution in [0.4, 0.5) is 0 Å². The monoisotopic (exact) mass is 579 g/mol. The van der Waals surface area contributed by atoms with Gasteiger partial charge in [-0.15, -0.1) is 0 Å². The van der Waals surface area contributed by atoms with Crippen molar-refractivity contribution in [1.82, 2.24) is 14.8 Å². The first-order valence-corrected chi connectivity index (χ1v) is 14.3. The average molecular weight is 581 g/mol. The van der Waals surface area contributed by atoms with Crippen LogP contribution in [-0.4, -0.2) is 59.9 Å². The fraction of sp³-hybridized carbons (Fsp3) is 0.312. The highest BCUT2D eigenvalue weighted by atomic mass is 35.5. The molecule has 1 aromatic heterocycles. The lowest BCUT2D eigenvalue weighted by Crippen LogP contribution is -2.44. The van der Waals surface area contributed by atoms with E-state index in [2.05, 4.69) is 18.0 Å². The van der Waals surface area contributed by atoms with E-state index in [1.165, 1.54) is 0 Å². The molecule has 1 N–H and O–H groups in total. The Morgan fingerprint density at radius 2 is 1.65 bits per heavy atom. The van der Waals surface area contributed by atoms with Gasteiger partial charge in [0, 0.05) is 56.0 Å². The van der Waals surface area contributed by atoms with Crippen LogP contribution in [0.3, 0.4) is 0 Å². The van der Waals surface area contributed by atoms with E-state index in [1.54, 1.807) is 29.0 Å². The smallest absolute Gasteiger partial charge is 0.254 e. The van der Waals surface area contributed by atoms with Crippen molar-refractivity contribution in [3.63, 3.8) is 0 Å². The van der Waals surface area contributed by atoms with Crippen molar-refractivity contribution in [2.75, 3.05) is 33.4 Å². The first-order chi connectivity index (χ1) is 19.4. The first kappa shape index (κ1) is 29.7. The highest BCUT2D eigenvalue weighted by Crippen LogP contribution is 2.24. The van der Waals surface area contributed by atoms with Crippen molar-refractivity contribution in [2.45, 2.75) is 32.7 Å². The molecule has 3 aromatic carbocycles. The van der Waals surface area contributed by atoms with Crippen LogP contribution in [0.2, 0.25) is 10.0 Å². The number of aromatic amines is 1. The molecule has 0 radical (unpaired) electrons. The summed E-state index contributed by atoms with van der Waals surface area (Å²) in [7, 11) is 1.63. The molecular formula is C32H35Cl2N3O3. The Morgan fingerprint density at radius 1 is 0.900 bits per heavy atom. The number of methoxy groups -OCH3 is 1. The van der Waals surface area contributed by atoms with Crippen molar-refractivity contribution in [1.29, 1.82) is 0 Å². The number of para-hydroxylation sites is 1. The summed E-state index contributed by atoms with van der Waals surface area (Å²) in [4.78, 5) is 34.1. The molecule has 8 heteroatoms. The zero-order chi connectivity index (χ0) is 28.5. The minimum atomic E-state index is -0.168. The van der Waals surface area contributed by atoms with Crippen LogP contribution in [0.5, 0.6) is 0 Å². The van der Waals surface area contributed by atoms with Gasteiger partial charge < -0.3 is 19.5 Å². The number of carbonyl (C=O) groups excluding carboxylic acids is 2. The lowest BCUT2D eigenvalue weighted by molar-refractivity contribution is -0.132. The number of amides is 2. The van der Waals surface area contributed by atoms with Crippen LogP contribution in [-0.2, 0) is 28.9 Å². The molecule has 0 aliphatic rings. The molecule has 0 unspecified atom stereocenters. The quantitative estimate of drug-likeness (QED) is 0.177. The number of nitrogens with one attached hydrogen (secondary N) is 1. The summed E-state index contributed by atoms with van der Waals surface area (Å²) < 4.78 is 5.22. The summed E-state index contributed by atoms with van der Waals surface area (Å²) in [5, 5.41) is 2.04. The van der Waals surface area contributed by atoms with E-state index in [1.807, 2.05) is 54.7 Å². The van der Waals surface area contributed by atoms with Gasteiger partial charge in [-0.2, -0.15) is 0 Å². The van der Waals surface area contributed by atoms with Gasteiger partial charge in [0.1, 0.15) is 6.54 Å². The molecule has 4 rings (SSSR count). The number of benzene rings is 3. The number of fused-ring (bicyclic) bond motifs is 1. The van der Waals surface area contributed by atoms with Gasteiger partial charge in [0.05, 0.1) is 10.0 Å². The molecule has 0 atom stereocenters. The molecule has 0 saturated carbocycles. The molecule has 0 aliphatic carbocycles. The second kappa shape index (κ2) is 14.4. The number of rotatable bonds is 13. The largest absolute Gasteiger partial charge is 0.385 e. The molecule has 0 fully saturated rings. The van der Waals surface area contributed by atoms with Crippen molar-refractivity contribution in [3.8, 4) is 0 Å². The maximum Gasteiger partial charge on any atom is 0.254 e. The average Bonchev–Trinajstić information content (AvgIpc) is 3.39. The molecule has 1 heterocycles. The van der Waals surface area contributed by atoms with Crippen molar-refractivity contribution in [3.05, 3.63) is 105 Å². The minimum absolute atomic E-state index is 0.0344. The molecule has 0 spiro atoms. The summed E-state index contributed by atoms with van der Waals surface area (Å²) in [5.74, 6) is -0.305. The third-order valence-corrected chi connectivity index (χ3v) is 7.77. The number of aryl methyl sites for hydroxylation is 1. The molecule has 2 amide bonds. The zero-order valence-corrected chi connectivity index (χ0v) is 24.5. The second-order valence-electron chi connectivity index (χ2n) is 9.80. The number of carbonyl (C=O) groups is 2. The fourth-order valence-electron chi connectivity index (χ4n) is 4.73. The predicted molar refractivity (Wildman–Crippen MR) is 162 cm³/mol. The summed E-state index contributed by atoms with van der Waals surface area (Å²) in [5.41, 5.74) is 4.78. The van der Waals surface area contributed by atoms with Gasteiger partial charge in [0.2, 0.25) is 5.91 Å². The molecule has 4 aromatic rings. The Bertz CT molecular complexity index is 1440. The Morgan fingerprint density at radius 3 is 2.38 bits per heavy atom. The van der Waals surface area contributed by atoms with Crippen LogP contribution in [0.1, 0.15) is 40.4 Å². The summed E-state index contributed by atoms with van der Waals surface area (Å²) in [6.07, 6.45) is 4.18. The number of ether oxygens (including phenoxy) is 1. The summed E-state index contributed by atoms with van der Waals surface area (Å²) in [6.45, 7) is 3.78. The van der Waals surface area contributed by atoms with Gasteiger partial charge in [-0.25, -0.2) is 0 Å². The summed E-state index contributed by atoms with van der Waals surface area (Å²) >= 11 is 12.4. The molecule has 0 aliphatic heterocycles. The van der Waals surface area contributed by atoms with E-state index < -0.39 is 0 Å². The van der Waals surface area contributed by atoms with E-state index in [0.717, 1.165) is 34.0 Å². The number of hydrogen-bond acceptors (Lipinski definition) is 3. The number of aromatic nitrogens is 1. The number of hydrogen-bond donors (Lipinski definition) is 1. The standard InChI is InChI=1S/C32H35Cl2N3O3/c1-3-23-9-12-25(13-10-23)32(39)37(16-6-18-40-2)22-31(38)36(21-24-11-14-28(33)29(34)19-24)17-15-26-20-35-30-8-5-4-7-27(26)30/h4-5,7-14,19-20,35H,3,6,15-18,21-22H2,1-2H3. The predicted octanol–water partition coefficient (Wildman–Crippen LogP) is 6.79. The van der Waals surface area contributed by atoms with Gasteiger partial charge in [-0.3, -0.25) is 9.59 Å². The highest BCUT2D eigenvalue weighted by molar-refractivity contribution is 6.42. The molecule has 40 heavy (non-hydrogen) atoms. The maximum absolute atomic E-state index is 13.8. The lowest BCUT2D eigenvalue weighted by Gasteiger charge is -2.28. The molecule has 6 nitrogen and oxygen atoms in total. The maximum atomic E-state index is 13.8. The molecule has 0 saturated heterocycles. The van der Waals surface area contributed by atoms with Gasteiger partial charge in [-0.05, 0) is 66.3 Å². The lowest BCUT2D eigenvalue weighted by atomic mass is 10.1. The Kier molecular flexibility index (Phi) is 10.6. The van der Waals surface area contributed by atoms with Crippen LogP contribution in [0.25, 0.3) is 10.9 Å². The Labute approximate surface area is 245 Å². The van der Waals surface area contributed by atoms with E-state index in [-0.39, 0.29) is 18.4 Å². The summed E-state index contributed by atoms with van der Waals surface area (Å²) in [6, 6.07) is 21.1. The third-order valence-electron chi connectivity index (χ3n) is 7.04. The normalized spacial score (nSPS) is 11.1. The Balaban J connectivity index is 1.55. The highest BCUT2D eigenvalue weighted by Gasteiger charge is 2.23. The minimum Gasteiger partial charge on any atom is -0.385 e. The van der Waals surface area contributed by atoms with Gasteiger partial charge in [-0.1, -0.05) is 66.5 Å². The SMILES string of the molecule is CCc1ccc(C(=O)N(CCCOC)CC(=O)N(CCc2c[nH]c3ccccc23)Cc2ccc(Cl)c(Cl)c2)cc1. The number of nitrogens with zero attached hydrogens (tertiary/aromatic N) is 2. The van der Waals surface area contributed by atoms with Gasteiger partial charge in [0.15, 0.2) is 0 Å². The molecule has 210 valence electrons. The molecular weight excluding hydrogens is 545 g/mol. The van der Waals surface area contributed by atoms with Crippen LogP contribution < -0.4 is 0 Å². The van der Waals surface area contributed by atoms with Gasteiger partial charge >= 0.3 is 0 Å².